The maximum absolute atomic E-state index is 12.9. The van der Waals surface area contributed by atoms with Gasteiger partial charge in [0.25, 0.3) is 11.8 Å². The first-order valence-electron chi connectivity index (χ1n) is 10.5. The van der Waals surface area contributed by atoms with Crippen molar-refractivity contribution in [1.82, 2.24) is 20.0 Å². The van der Waals surface area contributed by atoms with Gasteiger partial charge in [-0.25, -0.2) is 0 Å². The molecule has 2 aliphatic rings. The van der Waals surface area contributed by atoms with Crippen LogP contribution in [-0.4, -0.2) is 63.9 Å². The van der Waals surface area contributed by atoms with Gasteiger partial charge in [-0.15, -0.1) is 10.2 Å². The average Bonchev–Trinajstić information content (AvgIpc) is 3.29. The van der Waals surface area contributed by atoms with Crippen LogP contribution in [0.4, 0.5) is 5.69 Å². The second-order valence-electron chi connectivity index (χ2n) is 7.85. The Hall–Kier alpha value is -2.52. The summed E-state index contributed by atoms with van der Waals surface area (Å²) in [4.78, 5) is 41.8. The van der Waals surface area contributed by atoms with Crippen LogP contribution in [0.3, 0.4) is 0 Å². The third-order valence-corrected chi connectivity index (χ3v) is 6.76. The minimum absolute atomic E-state index is 0.0984. The fraction of sp³-hybridized carbons (Fsp3) is 0.476. The number of hydrogen-bond donors (Lipinski definition) is 1. The number of likely N-dealkylation sites (tertiary alicyclic amines) is 2. The minimum atomic E-state index is -0.449. The standard InChI is InChI=1S/C21H24ClN5O3S/c22-15-7-4-8-16(12-15)23-17(28)18-24-25-19(31-18)21(30)27-11-5-6-14(13-27)20(29)26-9-2-1-3-10-26/h4,7-8,12,14H,1-3,5-6,9-11,13H2,(H,23,28)/t14-/m0/s1. The molecular weight excluding hydrogens is 438 g/mol. The Morgan fingerprint density at radius 2 is 1.74 bits per heavy atom. The van der Waals surface area contributed by atoms with Crippen molar-refractivity contribution in [3.05, 3.63) is 39.3 Å². The van der Waals surface area contributed by atoms with Crippen LogP contribution in [0.2, 0.25) is 5.02 Å². The van der Waals surface area contributed by atoms with Crippen LogP contribution < -0.4 is 5.32 Å². The van der Waals surface area contributed by atoms with E-state index < -0.39 is 5.91 Å². The van der Waals surface area contributed by atoms with Gasteiger partial charge in [-0.1, -0.05) is 29.0 Å². The van der Waals surface area contributed by atoms with Crippen molar-refractivity contribution in [2.24, 2.45) is 5.92 Å². The van der Waals surface area contributed by atoms with Gasteiger partial charge in [0.2, 0.25) is 15.9 Å². The van der Waals surface area contributed by atoms with Crippen LogP contribution in [0.1, 0.15) is 51.7 Å². The topological polar surface area (TPSA) is 95.5 Å². The molecule has 1 aromatic carbocycles. The van der Waals surface area contributed by atoms with Crippen molar-refractivity contribution in [1.29, 1.82) is 0 Å². The van der Waals surface area contributed by atoms with Crippen molar-refractivity contribution < 1.29 is 14.4 Å². The third kappa shape index (κ3) is 5.22. The van der Waals surface area contributed by atoms with E-state index in [1.165, 1.54) is 6.42 Å². The molecule has 10 heteroatoms. The van der Waals surface area contributed by atoms with Gasteiger partial charge in [0.15, 0.2) is 0 Å². The van der Waals surface area contributed by atoms with Crippen molar-refractivity contribution in [2.75, 3.05) is 31.5 Å². The Labute approximate surface area is 189 Å². The van der Waals surface area contributed by atoms with E-state index in [1.807, 2.05) is 4.90 Å². The molecule has 2 saturated heterocycles. The van der Waals surface area contributed by atoms with Crippen LogP contribution in [0.15, 0.2) is 24.3 Å². The van der Waals surface area contributed by atoms with Gasteiger partial charge in [0.05, 0.1) is 5.92 Å². The summed E-state index contributed by atoms with van der Waals surface area (Å²) < 4.78 is 0. The number of benzene rings is 1. The lowest BCUT2D eigenvalue weighted by atomic mass is 9.95. The van der Waals surface area contributed by atoms with Gasteiger partial charge in [0.1, 0.15) is 0 Å². The number of aromatic nitrogens is 2. The highest BCUT2D eigenvalue weighted by Gasteiger charge is 2.33. The smallest absolute Gasteiger partial charge is 0.286 e. The Morgan fingerprint density at radius 3 is 2.52 bits per heavy atom. The summed E-state index contributed by atoms with van der Waals surface area (Å²) in [5, 5.41) is 11.3. The number of nitrogens with zero attached hydrogens (tertiary/aromatic N) is 4. The first-order chi connectivity index (χ1) is 15.0. The molecule has 1 N–H and O–H groups in total. The molecule has 1 aromatic heterocycles. The van der Waals surface area contributed by atoms with E-state index >= 15 is 0 Å². The van der Waals surface area contributed by atoms with Gasteiger partial charge in [-0.05, 0) is 50.3 Å². The van der Waals surface area contributed by atoms with Crippen molar-refractivity contribution in [2.45, 2.75) is 32.1 Å². The molecular formula is C21H24ClN5O3S. The predicted octanol–water partition coefficient (Wildman–Crippen LogP) is 3.31. The zero-order valence-corrected chi connectivity index (χ0v) is 18.6. The molecule has 8 nitrogen and oxygen atoms in total. The summed E-state index contributed by atoms with van der Waals surface area (Å²) in [5.74, 6) is -0.753. The zero-order valence-electron chi connectivity index (χ0n) is 17.1. The van der Waals surface area contributed by atoms with E-state index in [0.717, 1.165) is 50.1 Å². The molecule has 164 valence electrons. The first-order valence-corrected chi connectivity index (χ1v) is 11.7. The Kier molecular flexibility index (Phi) is 6.82. The molecule has 0 saturated carbocycles. The minimum Gasteiger partial charge on any atom is -0.342 e. The van der Waals surface area contributed by atoms with Crippen LogP contribution >= 0.6 is 22.9 Å². The summed E-state index contributed by atoms with van der Waals surface area (Å²) in [6, 6.07) is 6.77. The molecule has 4 rings (SSSR count). The van der Waals surface area contributed by atoms with Crippen molar-refractivity contribution >= 4 is 46.3 Å². The Bertz CT molecular complexity index is 975. The summed E-state index contributed by atoms with van der Waals surface area (Å²) in [6.45, 7) is 2.58. The van der Waals surface area contributed by atoms with E-state index in [0.29, 0.717) is 23.8 Å². The van der Waals surface area contributed by atoms with Crippen LogP contribution in [-0.2, 0) is 4.79 Å². The molecule has 3 heterocycles. The number of carbonyl (C=O) groups excluding carboxylic acids is 3. The highest BCUT2D eigenvalue weighted by Crippen LogP contribution is 2.24. The predicted molar refractivity (Wildman–Crippen MR) is 118 cm³/mol. The van der Waals surface area contributed by atoms with Gasteiger partial charge < -0.3 is 15.1 Å². The SMILES string of the molecule is O=C(Nc1cccc(Cl)c1)c1nnc(C(=O)N2CCC[C@H](C(=O)N3CCCCC3)C2)s1. The number of halogens is 1. The number of carbonyl (C=O) groups is 3. The molecule has 0 unspecified atom stereocenters. The normalized spacial score (nSPS) is 19.2. The highest BCUT2D eigenvalue weighted by molar-refractivity contribution is 7.15. The van der Waals surface area contributed by atoms with E-state index in [-0.39, 0.29) is 27.7 Å². The first kappa shape index (κ1) is 21.7. The largest absolute Gasteiger partial charge is 0.342 e. The van der Waals surface area contributed by atoms with E-state index in [9.17, 15) is 14.4 Å². The van der Waals surface area contributed by atoms with Crippen LogP contribution in [0.25, 0.3) is 0 Å². The summed E-state index contributed by atoms with van der Waals surface area (Å²) in [5.41, 5.74) is 0.538. The third-order valence-electron chi connectivity index (χ3n) is 5.61. The van der Waals surface area contributed by atoms with Gasteiger partial charge >= 0.3 is 0 Å². The Balaban J connectivity index is 1.38. The van der Waals surface area contributed by atoms with E-state index in [1.54, 1.807) is 29.2 Å². The number of nitrogens with one attached hydrogen (secondary N) is 1. The van der Waals surface area contributed by atoms with E-state index in [2.05, 4.69) is 15.5 Å². The number of piperidine rings is 2. The number of anilines is 1. The zero-order chi connectivity index (χ0) is 21.8. The maximum atomic E-state index is 12.9. The lowest BCUT2D eigenvalue weighted by Gasteiger charge is -2.35. The molecule has 0 aliphatic carbocycles. The fourth-order valence-corrected chi connectivity index (χ4v) is 4.92. The number of hydrogen-bond acceptors (Lipinski definition) is 6. The highest BCUT2D eigenvalue weighted by atomic mass is 35.5. The van der Waals surface area contributed by atoms with Gasteiger partial charge in [-0.3, -0.25) is 14.4 Å². The monoisotopic (exact) mass is 461 g/mol. The molecule has 31 heavy (non-hydrogen) atoms. The van der Waals surface area contributed by atoms with Gasteiger partial charge in [0, 0.05) is 36.9 Å². The van der Waals surface area contributed by atoms with Crippen molar-refractivity contribution in [3.8, 4) is 0 Å². The molecule has 0 bridgehead atoms. The van der Waals surface area contributed by atoms with Crippen LogP contribution in [0.5, 0.6) is 0 Å². The summed E-state index contributed by atoms with van der Waals surface area (Å²) in [7, 11) is 0. The van der Waals surface area contributed by atoms with Gasteiger partial charge in [-0.2, -0.15) is 0 Å². The molecule has 2 aromatic rings. The second-order valence-corrected chi connectivity index (χ2v) is 9.27. The van der Waals surface area contributed by atoms with Crippen LogP contribution in [0, 0.1) is 5.92 Å². The van der Waals surface area contributed by atoms with E-state index in [4.69, 9.17) is 11.6 Å². The maximum Gasteiger partial charge on any atom is 0.286 e. The molecule has 2 aliphatic heterocycles. The number of rotatable bonds is 4. The molecule has 2 fully saturated rings. The average molecular weight is 462 g/mol. The Morgan fingerprint density at radius 1 is 1.00 bits per heavy atom. The molecule has 0 radical (unpaired) electrons. The fourth-order valence-electron chi connectivity index (χ4n) is 4.02. The lowest BCUT2D eigenvalue weighted by Crippen LogP contribution is -2.47. The molecule has 1 atom stereocenters. The second kappa shape index (κ2) is 9.74. The summed E-state index contributed by atoms with van der Waals surface area (Å²) in [6.07, 6.45) is 4.83. The quantitative estimate of drug-likeness (QED) is 0.753. The summed E-state index contributed by atoms with van der Waals surface area (Å²) >= 11 is 6.89. The molecule has 0 spiro atoms. The molecule has 3 amide bonds. The number of amides is 3. The van der Waals surface area contributed by atoms with Crippen molar-refractivity contribution in [3.63, 3.8) is 0 Å². The lowest BCUT2D eigenvalue weighted by molar-refractivity contribution is -0.137.